The van der Waals surface area contributed by atoms with Gasteiger partial charge in [0.1, 0.15) is 11.5 Å². The van der Waals surface area contributed by atoms with Crippen molar-refractivity contribution < 1.29 is 23.0 Å². The lowest BCUT2D eigenvalue weighted by Crippen LogP contribution is -2.30. The summed E-state index contributed by atoms with van der Waals surface area (Å²) in [4.78, 5) is 12.1. The Labute approximate surface area is 143 Å². The van der Waals surface area contributed by atoms with Gasteiger partial charge in [0.2, 0.25) is 0 Å². The van der Waals surface area contributed by atoms with E-state index >= 15 is 0 Å². The fourth-order valence-electron chi connectivity index (χ4n) is 1.95. The summed E-state index contributed by atoms with van der Waals surface area (Å²) >= 11 is 5.88. The molecule has 7 heteroatoms. The maximum atomic E-state index is 12.1. The van der Waals surface area contributed by atoms with Crippen molar-refractivity contribution in [3.63, 3.8) is 0 Å². The molecule has 0 saturated carbocycles. The molecule has 1 atom stereocenters. The van der Waals surface area contributed by atoms with Gasteiger partial charge in [0.15, 0.2) is 6.10 Å². The minimum atomic E-state index is -2.89. The Kier molecular flexibility index (Phi) is 5.98. The van der Waals surface area contributed by atoms with Crippen molar-refractivity contribution in [3.8, 4) is 11.5 Å². The number of aryl methyl sites for hydroxylation is 1. The van der Waals surface area contributed by atoms with Crippen LogP contribution in [0.3, 0.4) is 0 Å². The highest BCUT2D eigenvalue weighted by Crippen LogP contribution is 2.23. The molecule has 0 heterocycles. The summed E-state index contributed by atoms with van der Waals surface area (Å²) < 4.78 is 34.0. The Bertz CT molecular complexity index is 707. The zero-order valence-electron chi connectivity index (χ0n) is 13.1. The molecule has 0 aliphatic rings. The molecule has 0 bridgehead atoms. The molecule has 0 fully saturated rings. The highest BCUT2D eigenvalue weighted by Gasteiger charge is 2.16. The van der Waals surface area contributed by atoms with Crippen molar-refractivity contribution in [1.29, 1.82) is 0 Å². The van der Waals surface area contributed by atoms with E-state index in [4.69, 9.17) is 16.3 Å². The number of benzene rings is 2. The minimum Gasteiger partial charge on any atom is -0.481 e. The van der Waals surface area contributed by atoms with Crippen LogP contribution in [0.15, 0.2) is 42.5 Å². The number of amides is 1. The number of nitrogens with one attached hydrogen (secondary N) is 1. The van der Waals surface area contributed by atoms with Crippen LogP contribution in [-0.4, -0.2) is 18.6 Å². The van der Waals surface area contributed by atoms with Crippen LogP contribution < -0.4 is 14.8 Å². The summed E-state index contributed by atoms with van der Waals surface area (Å²) in [6, 6.07) is 10.7. The van der Waals surface area contributed by atoms with Gasteiger partial charge in [-0.25, -0.2) is 0 Å². The summed E-state index contributed by atoms with van der Waals surface area (Å²) in [6.07, 6.45) is -0.748. The minimum absolute atomic E-state index is 0.0177. The molecule has 2 rings (SSSR count). The number of hydrogen-bond donors (Lipinski definition) is 1. The van der Waals surface area contributed by atoms with Gasteiger partial charge in [-0.15, -0.1) is 0 Å². The smallest absolute Gasteiger partial charge is 0.387 e. The van der Waals surface area contributed by atoms with E-state index in [2.05, 4.69) is 10.1 Å². The third-order valence-corrected chi connectivity index (χ3v) is 3.39. The van der Waals surface area contributed by atoms with E-state index in [-0.39, 0.29) is 11.7 Å². The summed E-state index contributed by atoms with van der Waals surface area (Å²) in [5.74, 6) is 0.207. The van der Waals surface area contributed by atoms with Gasteiger partial charge in [0, 0.05) is 10.7 Å². The van der Waals surface area contributed by atoms with Crippen molar-refractivity contribution in [1.82, 2.24) is 0 Å². The average Bonchev–Trinajstić information content (AvgIpc) is 2.51. The summed E-state index contributed by atoms with van der Waals surface area (Å²) in [6.45, 7) is 0.548. The number of anilines is 1. The number of carbonyl (C=O) groups is 1. The van der Waals surface area contributed by atoms with Crippen molar-refractivity contribution in [2.75, 3.05) is 5.32 Å². The fraction of sp³-hybridized carbons (Fsp3) is 0.235. The first-order chi connectivity index (χ1) is 11.3. The van der Waals surface area contributed by atoms with Gasteiger partial charge in [-0.1, -0.05) is 11.6 Å². The van der Waals surface area contributed by atoms with Crippen LogP contribution in [0.5, 0.6) is 11.5 Å². The predicted molar refractivity (Wildman–Crippen MR) is 88.0 cm³/mol. The second-order valence-corrected chi connectivity index (χ2v) is 5.50. The third-order valence-electron chi connectivity index (χ3n) is 3.16. The van der Waals surface area contributed by atoms with Crippen LogP contribution in [-0.2, 0) is 4.79 Å². The first-order valence-electron chi connectivity index (χ1n) is 7.13. The van der Waals surface area contributed by atoms with Crippen LogP contribution in [0.4, 0.5) is 14.5 Å². The number of ether oxygens (including phenoxy) is 2. The molecular weight excluding hydrogens is 340 g/mol. The monoisotopic (exact) mass is 355 g/mol. The zero-order chi connectivity index (χ0) is 17.7. The Morgan fingerprint density at radius 2 is 1.79 bits per heavy atom. The number of rotatable bonds is 6. The topological polar surface area (TPSA) is 47.6 Å². The van der Waals surface area contributed by atoms with E-state index in [1.807, 2.05) is 6.92 Å². The van der Waals surface area contributed by atoms with Crippen LogP contribution in [0, 0.1) is 6.92 Å². The molecule has 2 aromatic carbocycles. The lowest BCUT2D eigenvalue weighted by Gasteiger charge is -2.16. The number of alkyl halides is 2. The normalized spacial score (nSPS) is 11.9. The SMILES string of the molecule is Cc1cc(Cl)ccc1OC(C)C(=O)Nc1ccc(OC(F)F)cc1. The molecular formula is C17H16ClF2NO3. The molecule has 2 aromatic rings. The Morgan fingerprint density at radius 3 is 2.38 bits per heavy atom. The lowest BCUT2D eigenvalue weighted by molar-refractivity contribution is -0.122. The van der Waals surface area contributed by atoms with Gasteiger partial charge in [-0.3, -0.25) is 4.79 Å². The second kappa shape index (κ2) is 7.97. The first-order valence-corrected chi connectivity index (χ1v) is 7.51. The molecule has 0 saturated heterocycles. The van der Waals surface area contributed by atoms with Gasteiger partial charge in [0.25, 0.3) is 5.91 Å². The highest BCUT2D eigenvalue weighted by molar-refractivity contribution is 6.30. The van der Waals surface area contributed by atoms with E-state index in [1.165, 1.54) is 24.3 Å². The summed E-state index contributed by atoms with van der Waals surface area (Å²) in [7, 11) is 0. The van der Waals surface area contributed by atoms with Gasteiger partial charge in [-0.05, 0) is 61.9 Å². The predicted octanol–water partition coefficient (Wildman–Crippen LogP) is 4.66. The Balaban J connectivity index is 1.96. The molecule has 0 radical (unpaired) electrons. The molecule has 0 aliphatic heterocycles. The molecule has 0 aliphatic carbocycles. The Morgan fingerprint density at radius 1 is 1.12 bits per heavy atom. The molecule has 0 aromatic heterocycles. The number of hydrogen-bond acceptors (Lipinski definition) is 3. The van der Waals surface area contributed by atoms with Crippen LogP contribution in [0.1, 0.15) is 12.5 Å². The largest absolute Gasteiger partial charge is 0.481 e. The molecule has 4 nitrogen and oxygen atoms in total. The van der Waals surface area contributed by atoms with Crippen molar-refractivity contribution in [3.05, 3.63) is 53.1 Å². The van der Waals surface area contributed by atoms with E-state index in [9.17, 15) is 13.6 Å². The highest BCUT2D eigenvalue weighted by atomic mass is 35.5. The fourth-order valence-corrected chi connectivity index (χ4v) is 2.18. The van der Waals surface area contributed by atoms with Gasteiger partial charge in [-0.2, -0.15) is 8.78 Å². The van der Waals surface area contributed by atoms with Crippen molar-refractivity contribution >= 4 is 23.2 Å². The zero-order valence-corrected chi connectivity index (χ0v) is 13.8. The maximum Gasteiger partial charge on any atom is 0.387 e. The summed E-state index contributed by atoms with van der Waals surface area (Å²) in [5, 5.41) is 3.23. The quantitative estimate of drug-likeness (QED) is 0.820. The second-order valence-electron chi connectivity index (χ2n) is 5.06. The first kappa shape index (κ1) is 18.0. The number of carbonyl (C=O) groups excluding carboxylic acids is 1. The van der Waals surface area contributed by atoms with E-state index in [0.717, 1.165) is 5.56 Å². The molecule has 0 spiro atoms. The van der Waals surface area contributed by atoms with Crippen LogP contribution in [0.2, 0.25) is 5.02 Å². The Hall–Kier alpha value is -2.34. The van der Waals surface area contributed by atoms with Crippen molar-refractivity contribution in [2.24, 2.45) is 0 Å². The molecule has 1 unspecified atom stereocenters. The van der Waals surface area contributed by atoms with Crippen LogP contribution in [0.25, 0.3) is 0 Å². The molecule has 1 amide bonds. The molecule has 24 heavy (non-hydrogen) atoms. The maximum absolute atomic E-state index is 12.1. The van der Waals surface area contributed by atoms with Gasteiger partial charge < -0.3 is 14.8 Å². The molecule has 1 N–H and O–H groups in total. The van der Waals surface area contributed by atoms with E-state index in [1.54, 1.807) is 25.1 Å². The lowest BCUT2D eigenvalue weighted by atomic mass is 10.2. The molecule has 128 valence electrons. The van der Waals surface area contributed by atoms with Gasteiger partial charge >= 0.3 is 6.61 Å². The van der Waals surface area contributed by atoms with E-state index < -0.39 is 12.7 Å². The standard InChI is InChI=1S/C17H16ClF2NO3/c1-10-9-12(18)3-8-15(10)23-11(2)16(22)21-13-4-6-14(7-5-13)24-17(19)20/h3-9,11,17H,1-2H3,(H,21,22). The third kappa shape index (κ3) is 5.09. The van der Waals surface area contributed by atoms with Gasteiger partial charge in [0.05, 0.1) is 0 Å². The van der Waals surface area contributed by atoms with Crippen molar-refractivity contribution in [2.45, 2.75) is 26.6 Å². The van der Waals surface area contributed by atoms with E-state index in [0.29, 0.717) is 16.5 Å². The summed E-state index contributed by atoms with van der Waals surface area (Å²) in [5.41, 5.74) is 1.26. The number of halogens is 3. The van der Waals surface area contributed by atoms with Crippen LogP contribution >= 0.6 is 11.6 Å². The average molecular weight is 356 g/mol.